The lowest BCUT2D eigenvalue weighted by Crippen LogP contribution is -2.21. The molecule has 4 heteroatoms. The van der Waals surface area contributed by atoms with Crippen LogP contribution in [0.4, 0.5) is 0 Å². The Morgan fingerprint density at radius 2 is 2.20 bits per heavy atom. The number of carbonyl (C=O) groups excluding carboxylic acids is 1. The van der Waals surface area contributed by atoms with Gasteiger partial charge in [0.1, 0.15) is 0 Å². The van der Waals surface area contributed by atoms with E-state index < -0.39 is 0 Å². The van der Waals surface area contributed by atoms with Crippen molar-refractivity contribution in [1.82, 2.24) is 5.01 Å². The van der Waals surface area contributed by atoms with Crippen LogP contribution in [0.15, 0.2) is 5.10 Å². The molecule has 0 spiro atoms. The molecule has 2 aliphatic rings. The summed E-state index contributed by atoms with van der Waals surface area (Å²) in [7, 11) is 0. The fraction of sp³-hybridized carbons (Fsp3) is 0.727. The summed E-state index contributed by atoms with van der Waals surface area (Å²) in [5, 5.41) is 14.3. The third kappa shape index (κ3) is 2.17. The van der Waals surface area contributed by atoms with Crippen LogP contribution in [0.2, 0.25) is 0 Å². The maximum absolute atomic E-state index is 11.5. The van der Waals surface area contributed by atoms with E-state index >= 15 is 0 Å². The molecule has 2 rings (SSSR count). The summed E-state index contributed by atoms with van der Waals surface area (Å²) in [4.78, 5) is 11.5. The van der Waals surface area contributed by atoms with Crippen molar-refractivity contribution in [3.05, 3.63) is 0 Å². The average Bonchev–Trinajstić information content (AvgIpc) is 2.83. The molecule has 0 N–H and O–H groups in total. The van der Waals surface area contributed by atoms with Crippen LogP contribution < -0.4 is 0 Å². The highest BCUT2D eigenvalue weighted by Gasteiger charge is 2.30. The number of carbonyl (C=O) groups is 1. The van der Waals surface area contributed by atoms with E-state index in [4.69, 9.17) is 5.26 Å². The van der Waals surface area contributed by atoms with Crippen molar-refractivity contribution in [3.8, 4) is 6.07 Å². The summed E-state index contributed by atoms with van der Waals surface area (Å²) in [6.07, 6.45) is 5.73. The van der Waals surface area contributed by atoms with Gasteiger partial charge in [-0.05, 0) is 18.8 Å². The van der Waals surface area contributed by atoms with E-state index in [1.807, 2.05) is 6.07 Å². The zero-order valence-corrected chi connectivity index (χ0v) is 8.78. The Bertz CT molecular complexity index is 323. The van der Waals surface area contributed by atoms with E-state index in [1.165, 1.54) is 30.7 Å². The van der Waals surface area contributed by atoms with E-state index in [0.717, 1.165) is 5.71 Å². The number of nitriles is 1. The minimum absolute atomic E-state index is 0.0622. The molecule has 1 aliphatic carbocycles. The van der Waals surface area contributed by atoms with Crippen molar-refractivity contribution in [2.24, 2.45) is 11.0 Å². The first-order valence-corrected chi connectivity index (χ1v) is 5.56. The molecule has 0 aromatic carbocycles. The van der Waals surface area contributed by atoms with Crippen LogP contribution in [0.5, 0.6) is 0 Å². The molecule has 1 saturated carbocycles. The van der Waals surface area contributed by atoms with Crippen molar-refractivity contribution in [2.75, 3.05) is 6.54 Å². The molecule has 0 bridgehead atoms. The second kappa shape index (κ2) is 4.43. The van der Waals surface area contributed by atoms with Gasteiger partial charge in [0.15, 0.2) is 0 Å². The van der Waals surface area contributed by atoms with Gasteiger partial charge >= 0.3 is 0 Å². The Hall–Kier alpha value is -1.37. The molecule has 0 atom stereocenters. The Morgan fingerprint density at radius 3 is 2.87 bits per heavy atom. The normalized spacial score (nSPS) is 21.9. The van der Waals surface area contributed by atoms with E-state index in [-0.39, 0.29) is 5.91 Å². The predicted molar refractivity (Wildman–Crippen MR) is 56.0 cm³/mol. The molecule has 0 aromatic heterocycles. The van der Waals surface area contributed by atoms with Crippen LogP contribution in [0, 0.1) is 17.2 Å². The lowest BCUT2D eigenvalue weighted by Gasteiger charge is -2.08. The molecule has 15 heavy (non-hydrogen) atoms. The molecule has 1 fully saturated rings. The molecule has 1 heterocycles. The number of hydrogen-bond donors (Lipinski definition) is 0. The van der Waals surface area contributed by atoms with Gasteiger partial charge in [-0.2, -0.15) is 10.4 Å². The SMILES string of the molecule is N#CCCN1N=C(C2CCCC2)CC1=O. The molecular weight excluding hydrogens is 190 g/mol. The van der Waals surface area contributed by atoms with Crippen LogP contribution in [0.3, 0.4) is 0 Å². The highest BCUT2D eigenvalue weighted by molar-refractivity contribution is 6.06. The van der Waals surface area contributed by atoms with Gasteiger partial charge in [-0.3, -0.25) is 4.79 Å². The molecule has 4 nitrogen and oxygen atoms in total. The Balaban J connectivity index is 1.96. The van der Waals surface area contributed by atoms with Gasteiger partial charge in [-0.25, -0.2) is 5.01 Å². The summed E-state index contributed by atoms with van der Waals surface area (Å²) in [5.41, 5.74) is 1.05. The second-order valence-electron chi connectivity index (χ2n) is 4.17. The number of rotatable bonds is 3. The zero-order valence-electron chi connectivity index (χ0n) is 8.78. The van der Waals surface area contributed by atoms with Gasteiger partial charge < -0.3 is 0 Å². The van der Waals surface area contributed by atoms with Crippen LogP contribution in [-0.4, -0.2) is 23.2 Å². The fourth-order valence-corrected chi connectivity index (χ4v) is 2.31. The minimum Gasteiger partial charge on any atom is -0.273 e. The topological polar surface area (TPSA) is 56.5 Å². The minimum atomic E-state index is 0.0622. The molecule has 1 amide bonds. The second-order valence-corrected chi connectivity index (χ2v) is 4.17. The lowest BCUT2D eigenvalue weighted by molar-refractivity contribution is -0.128. The van der Waals surface area contributed by atoms with E-state index in [2.05, 4.69) is 5.10 Å². The molecule has 0 radical (unpaired) electrons. The van der Waals surface area contributed by atoms with Gasteiger partial charge in [0.05, 0.1) is 31.2 Å². The van der Waals surface area contributed by atoms with Crippen molar-refractivity contribution < 1.29 is 4.79 Å². The lowest BCUT2D eigenvalue weighted by atomic mass is 10.00. The van der Waals surface area contributed by atoms with Gasteiger partial charge in [0.25, 0.3) is 0 Å². The zero-order chi connectivity index (χ0) is 10.7. The smallest absolute Gasteiger partial charge is 0.248 e. The van der Waals surface area contributed by atoms with Crippen LogP contribution >= 0.6 is 0 Å². The van der Waals surface area contributed by atoms with Crippen molar-refractivity contribution >= 4 is 11.6 Å². The molecular formula is C11H15N3O. The predicted octanol–water partition coefficient (Wildman–Crippen LogP) is 1.68. The van der Waals surface area contributed by atoms with Gasteiger partial charge in [0, 0.05) is 0 Å². The quantitative estimate of drug-likeness (QED) is 0.703. The van der Waals surface area contributed by atoms with Crippen molar-refractivity contribution in [3.63, 3.8) is 0 Å². The Morgan fingerprint density at radius 1 is 1.47 bits per heavy atom. The van der Waals surface area contributed by atoms with E-state index in [1.54, 1.807) is 0 Å². The maximum atomic E-state index is 11.5. The number of nitrogens with zero attached hydrogens (tertiary/aromatic N) is 3. The number of amides is 1. The molecule has 1 aliphatic heterocycles. The van der Waals surface area contributed by atoms with Crippen LogP contribution in [0.25, 0.3) is 0 Å². The molecule has 0 saturated heterocycles. The first kappa shape index (κ1) is 10.2. The first-order chi connectivity index (χ1) is 7.31. The van der Waals surface area contributed by atoms with Crippen molar-refractivity contribution in [1.29, 1.82) is 5.26 Å². The first-order valence-electron chi connectivity index (χ1n) is 5.56. The average molecular weight is 205 g/mol. The van der Waals surface area contributed by atoms with E-state index in [0.29, 0.717) is 25.3 Å². The largest absolute Gasteiger partial charge is 0.273 e. The standard InChI is InChI=1S/C11H15N3O/c12-6-3-7-14-11(15)8-10(13-14)9-4-1-2-5-9/h9H,1-5,7-8H2. The monoisotopic (exact) mass is 205 g/mol. The third-order valence-corrected chi connectivity index (χ3v) is 3.13. The molecule has 0 unspecified atom stereocenters. The summed E-state index contributed by atoms with van der Waals surface area (Å²) in [5.74, 6) is 0.591. The fourth-order valence-electron chi connectivity index (χ4n) is 2.31. The summed E-state index contributed by atoms with van der Waals surface area (Å²) >= 11 is 0. The summed E-state index contributed by atoms with van der Waals surface area (Å²) < 4.78 is 0. The maximum Gasteiger partial charge on any atom is 0.248 e. The molecule has 80 valence electrons. The Kier molecular flexibility index (Phi) is 3.00. The van der Waals surface area contributed by atoms with Gasteiger partial charge in [-0.1, -0.05) is 12.8 Å². The number of hydrazone groups is 1. The Labute approximate surface area is 89.6 Å². The van der Waals surface area contributed by atoms with Crippen LogP contribution in [0.1, 0.15) is 38.5 Å². The molecule has 0 aromatic rings. The summed E-state index contributed by atoms with van der Waals surface area (Å²) in [6, 6.07) is 2.04. The highest BCUT2D eigenvalue weighted by Crippen LogP contribution is 2.29. The van der Waals surface area contributed by atoms with Crippen molar-refractivity contribution in [2.45, 2.75) is 38.5 Å². The number of hydrogen-bond acceptors (Lipinski definition) is 3. The van der Waals surface area contributed by atoms with Crippen LogP contribution in [-0.2, 0) is 4.79 Å². The van der Waals surface area contributed by atoms with E-state index in [9.17, 15) is 4.79 Å². The summed E-state index contributed by atoms with van der Waals surface area (Å²) in [6.45, 7) is 0.450. The van der Waals surface area contributed by atoms with Gasteiger partial charge in [0.2, 0.25) is 5.91 Å². The van der Waals surface area contributed by atoms with Gasteiger partial charge in [-0.15, -0.1) is 0 Å². The highest BCUT2D eigenvalue weighted by atomic mass is 16.2. The third-order valence-electron chi connectivity index (χ3n) is 3.13.